The fraction of sp³-hybridized carbons (Fsp3) is 0.593. The molecule has 3 aliphatic rings. The Morgan fingerprint density at radius 2 is 1.92 bits per heavy atom. The molecular weight excluding hydrogens is 525 g/mol. The molecule has 0 radical (unpaired) electrons. The SMILES string of the molecule is CCC(C)C.CCC1CCC1.CN.O=CNCC(=O)N1CC=C(c2ccc(O)c(N3CC(=O)NS3=O)c2F)C1. The number of carbonyl (C=O) groups excluding carboxylic acids is 3. The summed E-state index contributed by atoms with van der Waals surface area (Å²) in [5.41, 5.74) is 4.80. The molecule has 0 aromatic heterocycles. The molecule has 1 aromatic rings. The Hall–Kier alpha value is -2.99. The Bertz CT molecular complexity index is 1010. The van der Waals surface area contributed by atoms with Crippen LogP contribution >= 0.6 is 0 Å². The van der Waals surface area contributed by atoms with Crippen LogP contribution < -0.4 is 20.1 Å². The van der Waals surface area contributed by atoms with Crippen molar-refractivity contribution >= 4 is 40.7 Å². The van der Waals surface area contributed by atoms with Gasteiger partial charge in [0.1, 0.15) is 18.0 Å². The first kappa shape index (κ1) is 34.0. The molecular formula is C27H44FN5O5S. The maximum atomic E-state index is 15.0. The molecule has 3 amide bonds. The smallest absolute Gasteiger partial charge is 0.253 e. The molecule has 1 aromatic carbocycles. The summed E-state index contributed by atoms with van der Waals surface area (Å²) in [6, 6.07) is 2.60. The van der Waals surface area contributed by atoms with Crippen LogP contribution in [0.25, 0.3) is 5.57 Å². The summed E-state index contributed by atoms with van der Waals surface area (Å²) < 4.78 is 29.9. The van der Waals surface area contributed by atoms with E-state index in [4.69, 9.17) is 0 Å². The van der Waals surface area contributed by atoms with Gasteiger partial charge in [0.25, 0.3) is 5.91 Å². The van der Waals surface area contributed by atoms with Gasteiger partial charge in [0, 0.05) is 18.7 Å². The van der Waals surface area contributed by atoms with Gasteiger partial charge in [-0.25, -0.2) is 8.60 Å². The van der Waals surface area contributed by atoms with Crippen molar-refractivity contribution in [2.75, 3.05) is 37.5 Å². The van der Waals surface area contributed by atoms with E-state index >= 15 is 0 Å². The van der Waals surface area contributed by atoms with Crippen LogP contribution in [0.1, 0.15) is 65.4 Å². The molecule has 1 saturated carbocycles. The normalized spacial score (nSPS) is 17.9. The average Bonchev–Trinajstić information content (AvgIpc) is 3.50. The van der Waals surface area contributed by atoms with Crippen molar-refractivity contribution in [2.24, 2.45) is 17.6 Å². The minimum absolute atomic E-state index is 0.126. The number of phenols is 1. The van der Waals surface area contributed by atoms with E-state index in [1.807, 2.05) is 0 Å². The largest absolute Gasteiger partial charge is 0.506 e. The maximum Gasteiger partial charge on any atom is 0.253 e. The van der Waals surface area contributed by atoms with E-state index in [2.05, 4.69) is 43.5 Å². The second-order valence-electron chi connectivity index (χ2n) is 9.62. The molecule has 10 nitrogen and oxygen atoms in total. The summed E-state index contributed by atoms with van der Waals surface area (Å²) in [7, 11) is 1.50. The third kappa shape index (κ3) is 10.2. The first-order valence-electron chi connectivity index (χ1n) is 13.3. The van der Waals surface area contributed by atoms with E-state index in [1.165, 1.54) is 56.2 Å². The highest BCUT2D eigenvalue weighted by molar-refractivity contribution is 7.85. The molecule has 0 bridgehead atoms. The van der Waals surface area contributed by atoms with Crippen molar-refractivity contribution < 1.29 is 28.1 Å². The lowest BCUT2D eigenvalue weighted by Gasteiger charge is -2.22. The number of phenolic OH excluding ortho intramolecular Hbond substituents is 1. The monoisotopic (exact) mass is 569 g/mol. The molecule has 4 rings (SSSR count). The van der Waals surface area contributed by atoms with Crippen molar-refractivity contribution in [3.8, 4) is 5.75 Å². The summed E-state index contributed by atoms with van der Waals surface area (Å²) >= 11 is -1.98. The third-order valence-electron chi connectivity index (χ3n) is 6.61. The van der Waals surface area contributed by atoms with Crippen LogP contribution in [0.4, 0.5) is 10.1 Å². The number of anilines is 1. The molecule has 2 heterocycles. The van der Waals surface area contributed by atoms with Crippen LogP contribution in [0.2, 0.25) is 0 Å². The van der Waals surface area contributed by atoms with Crippen LogP contribution in [0.15, 0.2) is 18.2 Å². The number of benzene rings is 1. The Labute approximate surface area is 233 Å². The Morgan fingerprint density at radius 3 is 2.36 bits per heavy atom. The summed E-state index contributed by atoms with van der Waals surface area (Å²) in [4.78, 5) is 35.0. The number of hydrogen-bond donors (Lipinski definition) is 4. The standard InChI is InChI=1S/C15H15FN4O5S.C6H12.C5H12.CH5N/c16-14-10(9-3-4-19(6-9)13(24)5-17-8-21)1-2-11(22)15(14)20-7-12(23)18-26(20)25;1-2-6-4-3-5-6;1-4-5(2)3;1-2/h1-3,8,22H,4-7H2,(H,17,21)(H,18,23);6H,2-5H2,1H3;5H,4H2,1-3H3;2H2,1H3. The number of nitrogens with two attached hydrogens (primary N) is 1. The first-order chi connectivity index (χ1) is 18.6. The predicted octanol–water partition coefficient (Wildman–Crippen LogP) is 2.84. The van der Waals surface area contributed by atoms with Crippen molar-refractivity contribution in [1.82, 2.24) is 14.9 Å². The number of halogens is 1. The number of carbonyl (C=O) groups is 3. The first-order valence-corrected chi connectivity index (χ1v) is 14.5. The average molecular weight is 570 g/mol. The van der Waals surface area contributed by atoms with E-state index in [0.29, 0.717) is 12.0 Å². The Balaban J connectivity index is 0.000000484. The van der Waals surface area contributed by atoms with Gasteiger partial charge in [-0.1, -0.05) is 65.9 Å². The molecule has 0 spiro atoms. The van der Waals surface area contributed by atoms with Crippen LogP contribution in [-0.4, -0.2) is 65.7 Å². The number of aromatic hydroxyl groups is 1. The Kier molecular flexibility index (Phi) is 15.3. The van der Waals surface area contributed by atoms with Gasteiger partial charge in [-0.2, -0.15) is 0 Å². The zero-order chi connectivity index (χ0) is 29.5. The van der Waals surface area contributed by atoms with Gasteiger partial charge < -0.3 is 21.1 Å². The van der Waals surface area contributed by atoms with Gasteiger partial charge in [-0.15, -0.1) is 0 Å². The van der Waals surface area contributed by atoms with Gasteiger partial charge >= 0.3 is 0 Å². The number of nitrogens with one attached hydrogen (secondary N) is 2. The van der Waals surface area contributed by atoms with Gasteiger partial charge in [0.15, 0.2) is 5.82 Å². The van der Waals surface area contributed by atoms with E-state index in [1.54, 1.807) is 6.08 Å². The second kappa shape index (κ2) is 17.6. The molecule has 220 valence electrons. The molecule has 1 unspecified atom stereocenters. The quantitative estimate of drug-likeness (QED) is 0.372. The second-order valence-corrected chi connectivity index (χ2v) is 10.8. The summed E-state index contributed by atoms with van der Waals surface area (Å²) in [6.45, 7) is 8.80. The van der Waals surface area contributed by atoms with Gasteiger partial charge in [0.05, 0.1) is 6.54 Å². The summed E-state index contributed by atoms with van der Waals surface area (Å²) in [5, 5.41) is 12.3. The van der Waals surface area contributed by atoms with E-state index in [9.17, 15) is 28.1 Å². The van der Waals surface area contributed by atoms with E-state index in [-0.39, 0.29) is 43.3 Å². The lowest BCUT2D eigenvalue weighted by Crippen LogP contribution is -2.36. The summed E-state index contributed by atoms with van der Waals surface area (Å²) in [5.74, 6) is -0.149. The predicted molar refractivity (Wildman–Crippen MR) is 153 cm³/mol. The van der Waals surface area contributed by atoms with Crippen LogP contribution in [0.3, 0.4) is 0 Å². The minimum Gasteiger partial charge on any atom is -0.506 e. The highest BCUT2D eigenvalue weighted by Crippen LogP contribution is 2.37. The van der Waals surface area contributed by atoms with E-state index < -0.39 is 28.6 Å². The van der Waals surface area contributed by atoms with Crippen LogP contribution in [-0.2, 0) is 25.6 Å². The van der Waals surface area contributed by atoms with Crippen molar-refractivity contribution in [2.45, 2.75) is 59.8 Å². The molecule has 1 aliphatic carbocycles. The fourth-order valence-corrected chi connectivity index (χ4v) is 4.60. The molecule has 2 aliphatic heterocycles. The highest BCUT2D eigenvalue weighted by atomic mass is 32.2. The van der Waals surface area contributed by atoms with Crippen LogP contribution in [0.5, 0.6) is 5.75 Å². The lowest BCUT2D eigenvalue weighted by atomic mass is 9.84. The number of rotatable bonds is 7. The number of nitrogens with zero attached hydrogens (tertiary/aromatic N) is 2. The fourth-order valence-electron chi connectivity index (χ4n) is 3.66. The van der Waals surface area contributed by atoms with Crippen molar-refractivity contribution in [3.63, 3.8) is 0 Å². The lowest BCUT2D eigenvalue weighted by molar-refractivity contribution is -0.130. The minimum atomic E-state index is -1.98. The topological polar surface area (TPSA) is 145 Å². The van der Waals surface area contributed by atoms with Crippen LogP contribution in [0, 0.1) is 17.7 Å². The van der Waals surface area contributed by atoms with Gasteiger partial charge in [0.2, 0.25) is 23.5 Å². The van der Waals surface area contributed by atoms with Crippen molar-refractivity contribution in [1.29, 1.82) is 0 Å². The highest BCUT2D eigenvalue weighted by Gasteiger charge is 2.33. The van der Waals surface area contributed by atoms with Crippen molar-refractivity contribution in [3.05, 3.63) is 29.6 Å². The van der Waals surface area contributed by atoms with Gasteiger partial charge in [-0.3, -0.25) is 23.4 Å². The molecule has 2 fully saturated rings. The molecule has 1 saturated heterocycles. The zero-order valence-corrected chi connectivity index (χ0v) is 24.5. The number of amides is 3. The van der Waals surface area contributed by atoms with E-state index in [0.717, 1.165) is 16.1 Å². The Morgan fingerprint density at radius 1 is 1.28 bits per heavy atom. The zero-order valence-electron chi connectivity index (χ0n) is 23.7. The van der Waals surface area contributed by atoms with Gasteiger partial charge in [-0.05, 0) is 36.6 Å². The number of hydrogen-bond acceptors (Lipinski definition) is 6. The molecule has 1 atom stereocenters. The molecule has 5 N–H and O–H groups in total. The molecule has 12 heteroatoms. The third-order valence-corrected chi connectivity index (χ3v) is 7.72. The molecule has 39 heavy (non-hydrogen) atoms. The maximum absolute atomic E-state index is 15.0. The summed E-state index contributed by atoms with van der Waals surface area (Å²) in [6.07, 6.45) is 9.31.